The van der Waals surface area contributed by atoms with E-state index >= 15 is 0 Å². The van der Waals surface area contributed by atoms with Crippen molar-refractivity contribution in [2.24, 2.45) is 0 Å². The summed E-state index contributed by atoms with van der Waals surface area (Å²) in [7, 11) is 1.55. The van der Waals surface area contributed by atoms with Gasteiger partial charge in [-0.3, -0.25) is 4.79 Å². The number of ether oxygens (including phenoxy) is 1. The summed E-state index contributed by atoms with van der Waals surface area (Å²) in [6.45, 7) is 0. The number of furan rings is 1. The lowest BCUT2D eigenvalue weighted by Gasteiger charge is -2.10. The van der Waals surface area contributed by atoms with E-state index in [1.807, 2.05) is 47.8 Å². The van der Waals surface area contributed by atoms with Gasteiger partial charge in [0.05, 0.1) is 17.7 Å². The molecule has 0 aliphatic rings. The van der Waals surface area contributed by atoms with E-state index in [0.717, 1.165) is 21.2 Å². The Bertz CT molecular complexity index is 1350. The number of aromatic nitrogens is 1. The van der Waals surface area contributed by atoms with Gasteiger partial charge < -0.3 is 24.7 Å². The van der Waals surface area contributed by atoms with Gasteiger partial charge in [0.25, 0.3) is 5.91 Å². The molecule has 0 radical (unpaired) electrons. The highest BCUT2D eigenvalue weighted by Crippen LogP contribution is 2.37. The van der Waals surface area contributed by atoms with Crippen LogP contribution in [0.3, 0.4) is 0 Å². The molecule has 3 N–H and O–H groups in total. The van der Waals surface area contributed by atoms with E-state index in [2.05, 4.69) is 10.5 Å². The molecule has 0 atom stereocenters. The number of nitrogens with two attached hydrogens (primary N) is 1. The number of hydrogen-bond donors (Lipinski definition) is 2. The molecule has 7 nitrogen and oxygen atoms in total. The first-order valence-electron chi connectivity index (χ1n) is 8.75. The van der Waals surface area contributed by atoms with Crippen molar-refractivity contribution < 1.29 is 18.5 Å². The van der Waals surface area contributed by atoms with Crippen LogP contribution in [0, 0.1) is 0 Å². The number of benzene rings is 2. The molecule has 2 aromatic carbocycles. The number of thiophene rings is 1. The fourth-order valence-corrected chi connectivity index (χ4v) is 4.02. The van der Waals surface area contributed by atoms with Crippen molar-refractivity contribution in [3.8, 4) is 16.3 Å². The Balaban J connectivity index is 1.58. The summed E-state index contributed by atoms with van der Waals surface area (Å²) in [6.07, 6.45) is 0. The van der Waals surface area contributed by atoms with Gasteiger partial charge in [0, 0.05) is 16.8 Å². The van der Waals surface area contributed by atoms with E-state index in [1.165, 1.54) is 11.3 Å². The Kier molecular flexibility index (Phi) is 3.99. The lowest BCUT2D eigenvalue weighted by molar-refractivity contribution is 0.102. The third kappa shape index (κ3) is 2.81. The largest absolute Gasteiger partial charge is 0.495 e. The minimum Gasteiger partial charge on any atom is -0.495 e. The van der Waals surface area contributed by atoms with Crippen LogP contribution in [0.2, 0.25) is 0 Å². The molecule has 0 bridgehead atoms. The average Bonchev–Trinajstić information content (AvgIpc) is 3.45. The standard InChI is InChI=1S/C21H15N3O4S/c1-26-16-9-12-11-5-2-3-6-14(11)27-15(12)10-13(16)23-21(25)18-19(24-28-20(18)22)17-7-4-8-29-17/h2-10H,22H2,1H3,(H,23,25). The SMILES string of the molecule is COc1cc2c(cc1NC(=O)c1c(-c3cccs3)noc1N)oc1ccccc12. The number of carbonyl (C=O) groups is 1. The van der Waals surface area contributed by atoms with Crippen LogP contribution in [0.5, 0.6) is 5.75 Å². The lowest BCUT2D eigenvalue weighted by atomic mass is 10.1. The highest BCUT2D eigenvalue weighted by molar-refractivity contribution is 7.13. The van der Waals surface area contributed by atoms with Gasteiger partial charge in [-0.1, -0.05) is 29.4 Å². The molecule has 0 aliphatic heterocycles. The third-order valence-corrected chi connectivity index (χ3v) is 5.52. The van der Waals surface area contributed by atoms with Gasteiger partial charge in [-0.25, -0.2) is 0 Å². The zero-order valence-electron chi connectivity index (χ0n) is 15.3. The number of nitrogens with one attached hydrogen (secondary N) is 1. The van der Waals surface area contributed by atoms with E-state index in [1.54, 1.807) is 13.2 Å². The van der Waals surface area contributed by atoms with Crippen LogP contribution in [0.4, 0.5) is 11.6 Å². The topological polar surface area (TPSA) is 104 Å². The number of methoxy groups -OCH3 is 1. The smallest absolute Gasteiger partial charge is 0.263 e. The van der Waals surface area contributed by atoms with Crippen LogP contribution in [0.1, 0.15) is 10.4 Å². The number of para-hydroxylation sites is 1. The van der Waals surface area contributed by atoms with Crippen molar-refractivity contribution in [2.45, 2.75) is 0 Å². The van der Waals surface area contributed by atoms with Gasteiger partial charge in [0.2, 0.25) is 5.88 Å². The van der Waals surface area contributed by atoms with Crippen LogP contribution in [-0.4, -0.2) is 18.2 Å². The molecule has 144 valence electrons. The van der Waals surface area contributed by atoms with Crippen LogP contribution in [0.25, 0.3) is 32.5 Å². The molecule has 0 fully saturated rings. The second-order valence-corrected chi connectivity index (χ2v) is 7.30. The van der Waals surface area contributed by atoms with Gasteiger partial charge in [-0.2, -0.15) is 0 Å². The molecule has 0 aliphatic carbocycles. The molecule has 0 saturated carbocycles. The van der Waals surface area contributed by atoms with Gasteiger partial charge in [0.15, 0.2) is 0 Å². The van der Waals surface area contributed by atoms with Crippen LogP contribution in [0.15, 0.2) is 62.9 Å². The second kappa shape index (κ2) is 6.68. The van der Waals surface area contributed by atoms with Crippen LogP contribution >= 0.6 is 11.3 Å². The summed E-state index contributed by atoms with van der Waals surface area (Å²) in [5.41, 5.74) is 8.32. The lowest BCUT2D eigenvalue weighted by Crippen LogP contribution is -2.14. The third-order valence-electron chi connectivity index (χ3n) is 4.65. The summed E-state index contributed by atoms with van der Waals surface area (Å²) in [5, 5.41) is 10.6. The molecular formula is C21H15N3O4S. The van der Waals surface area contributed by atoms with Crippen LogP contribution in [-0.2, 0) is 0 Å². The number of amides is 1. The van der Waals surface area contributed by atoms with Gasteiger partial charge in [-0.05, 0) is 23.6 Å². The predicted octanol–water partition coefficient (Wildman–Crippen LogP) is 5.15. The molecule has 0 unspecified atom stereocenters. The molecular weight excluding hydrogens is 390 g/mol. The summed E-state index contributed by atoms with van der Waals surface area (Å²) >= 11 is 1.44. The van der Waals surface area contributed by atoms with E-state index in [0.29, 0.717) is 22.7 Å². The van der Waals surface area contributed by atoms with E-state index in [9.17, 15) is 4.79 Å². The number of hydrogen-bond acceptors (Lipinski definition) is 7. The minimum atomic E-state index is -0.444. The molecule has 0 saturated heterocycles. The van der Waals surface area contributed by atoms with E-state index in [4.69, 9.17) is 19.4 Å². The summed E-state index contributed by atoms with van der Waals surface area (Å²) < 4.78 is 16.5. The second-order valence-electron chi connectivity index (χ2n) is 6.35. The first kappa shape index (κ1) is 17.3. The molecule has 3 aromatic heterocycles. The number of anilines is 2. The predicted molar refractivity (Wildman–Crippen MR) is 112 cm³/mol. The van der Waals surface area contributed by atoms with E-state index < -0.39 is 5.91 Å². The summed E-state index contributed by atoms with van der Waals surface area (Å²) in [6, 6.07) is 15.0. The molecule has 29 heavy (non-hydrogen) atoms. The summed E-state index contributed by atoms with van der Waals surface area (Å²) in [5.74, 6) is 0.0145. The van der Waals surface area contributed by atoms with Gasteiger partial charge in [-0.15, -0.1) is 11.3 Å². The monoisotopic (exact) mass is 405 g/mol. The quantitative estimate of drug-likeness (QED) is 0.429. The zero-order chi connectivity index (χ0) is 20.0. The highest BCUT2D eigenvalue weighted by Gasteiger charge is 2.24. The maximum atomic E-state index is 13.0. The van der Waals surface area contributed by atoms with Crippen molar-refractivity contribution in [2.75, 3.05) is 18.2 Å². The van der Waals surface area contributed by atoms with Crippen molar-refractivity contribution >= 4 is 50.8 Å². The molecule has 0 spiro atoms. The Morgan fingerprint density at radius 1 is 1.14 bits per heavy atom. The number of fused-ring (bicyclic) bond motifs is 3. The van der Waals surface area contributed by atoms with Crippen LogP contribution < -0.4 is 15.8 Å². The maximum Gasteiger partial charge on any atom is 0.263 e. The Hall–Kier alpha value is -3.78. The number of rotatable bonds is 4. The fraction of sp³-hybridized carbons (Fsp3) is 0.0476. The molecule has 5 aromatic rings. The maximum absolute atomic E-state index is 13.0. The zero-order valence-corrected chi connectivity index (χ0v) is 16.1. The first-order valence-corrected chi connectivity index (χ1v) is 9.63. The van der Waals surface area contributed by atoms with Crippen molar-refractivity contribution in [1.82, 2.24) is 5.16 Å². The average molecular weight is 405 g/mol. The number of nitrogens with zero attached hydrogens (tertiary/aromatic N) is 1. The fourth-order valence-electron chi connectivity index (χ4n) is 3.31. The highest BCUT2D eigenvalue weighted by atomic mass is 32.1. The first-order chi connectivity index (χ1) is 14.2. The van der Waals surface area contributed by atoms with Crippen molar-refractivity contribution in [3.05, 3.63) is 59.5 Å². The number of carbonyl (C=O) groups excluding carboxylic acids is 1. The molecule has 1 amide bonds. The molecule has 5 rings (SSSR count). The van der Waals surface area contributed by atoms with Crippen molar-refractivity contribution in [3.63, 3.8) is 0 Å². The molecule has 3 heterocycles. The minimum absolute atomic E-state index is 0.0466. The summed E-state index contributed by atoms with van der Waals surface area (Å²) in [4.78, 5) is 13.8. The van der Waals surface area contributed by atoms with Gasteiger partial charge in [0.1, 0.15) is 28.2 Å². The number of nitrogen functional groups attached to an aromatic ring is 1. The Labute approximate surface area is 168 Å². The Morgan fingerprint density at radius 3 is 2.79 bits per heavy atom. The Morgan fingerprint density at radius 2 is 2.00 bits per heavy atom. The molecule has 8 heteroatoms. The van der Waals surface area contributed by atoms with Crippen molar-refractivity contribution in [1.29, 1.82) is 0 Å². The van der Waals surface area contributed by atoms with Gasteiger partial charge >= 0.3 is 0 Å². The van der Waals surface area contributed by atoms with E-state index in [-0.39, 0.29) is 11.4 Å². The normalized spacial score (nSPS) is 11.2.